The third-order valence-corrected chi connectivity index (χ3v) is 7.24. The summed E-state index contributed by atoms with van der Waals surface area (Å²) in [6, 6.07) is 3.56. The van der Waals surface area contributed by atoms with Gasteiger partial charge in [-0.05, 0) is 49.3 Å². The van der Waals surface area contributed by atoms with Crippen LogP contribution in [0.2, 0.25) is 0 Å². The zero-order chi connectivity index (χ0) is 23.9. The topological polar surface area (TPSA) is 136 Å². The van der Waals surface area contributed by atoms with Gasteiger partial charge in [0, 0.05) is 25.4 Å². The molecule has 12 heteroatoms. The Morgan fingerprint density at radius 3 is 2.68 bits per heavy atom. The maximum atomic E-state index is 13.5. The first-order chi connectivity index (χ1) is 16.4. The lowest BCUT2D eigenvalue weighted by atomic mass is 9.75. The van der Waals surface area contributed by atoms with Crippen molar-refractivity contribution in [1.82, 2.24) is 35.0 Å². The van der Waals surface area contributed by atoms with Crippen LogP contribution < -0.4 is 0 Å². The molecule has 5 rings (SSSR count). The van der Waals surface area contributed by atoms with Gasteiger partial charge in [-0.15, -0.1) is 5.10 Å². The van der Waals surface area contributed by atoms with E-state index in [9.17, 15) is 14.7 Å². The number of ether oxygens (including phenoxy) is 2. The number of pyridine rings is 1. The van der Waals surface area contributed by atoms with E-state index in [-0.39, 0.29) is 24.6 Å². The van der Waals surface area contributed by atoms with Crippen LogP contribution >= 0.6 is 0 Å². The van der Waals surface area contributed by atoms with E-state index in [2.05, 4.69) is 25.4 Å². The van der Waals surface area contributed by atoms with Gasteiger partial charge in [-0.25, -0.2) is 9.78 Å². The number of nitrogens with zero attached hydrogens (tertiary/aromatic N) is 7. The Morgan fingerprint density at radius 1 is 1.29 bits per heavy atom. The first-order valence-corrected chi connectivity index (χ1v) is 11.2. The predicted octanol–water partition coefficient (Wildman–Crippen LogP) is -0.139. The number of β-amino-alcohol motifs (C(OH)–C–C–N with tert-alkyl or cyclic N) is 1. The van der Waals surface area contributed by atoms with Crippen molar-refractivity contribution in [2.45, 2.75) is 32.0 Å². The zero-order valence-corrected chi connectivity index (χ0v) is 19.1. The van der Waals surface area contributed by atoms with E-state index >= 15 is 0 Å². The largest absolute Gasteiger partial charge is 0.456 e. The molecule has 2 saturated heterocycles. The van der Waals surface area contributed by atoms with Gasteiger partial charge in [0.2, 0.25) is 5.91 Å². The highest BCUT2D eigenvalue weighted by atomic mass is 16.5. The van der Waals surface area contributed by atoms with Crippen LogP contribution in [0.4, 0.5) is 0 Å². The van der Waals surface area contributed by atoms with Crippen LogP contribution in [0.5, 0.6) is 0 Å². The van der Waals surface area contributed by atoms with Crippen molar-refractivity contribution in [3.05, 3.63) is 41.5 Å². The Kier molecular flexibility index (Phi) is 5.88. The second kappa shape index (κ2) is 8.85. The summed E-state index contributed by atoms with van der Waals surface area (Å²) in [6.45, 7) is 3.98. The third-order valence-electron chi connectivity index (χ3n) is 7.24. The van der Waals surface area contributed by atoms with Crippen molar-refractivity contribution >= 4 is 11.9 Å². The van der Waals surface area contributed by atoms with Crippen LogP contribution in [0.15, 0.2) is 35.9 Å². The predicted molar refractivity (Wildman–Crippen MR) is 116 cm³/mol. The molecule has 34 heavy (non-hydrogen) atoms. The SMILES string of the molecule is COC1CN(C2=C(C)C(=O)OC2)C(=O)C12CCN(C[C@H](O)c1ccc(-n3cnnn3)nc1)CC2. The normalized spacial score (nSPS) is 23.7. The van der Waals surface area contributed by atoms with Crippen molar-refractivity contribution in [1.29, 1.82) is 0 Å². The van der Waals surface area contributed by atoms with Gasteiger partial charge in [-0.1, -0.05) is 6.07 Å². The summed E-state index contributed by atoms with van der Waals surface area (Å²) in [5.74, 6) is 0.187. The molecule has 0 radical (unpaired) electrons. The smallest absolute Gasteiger partial charge is 0.336 e. The molecule has 3 aliphatic heterocycles. The van der Waals surface area contributed by atoms with Crippen molar-refractivity contribution in [2.24, 2.45) is 5.41 Å². The van der Waals surface area contributed by atoms with Crippen LogP contribution in [0.25, 0.3) is 5.82 Å². The van der Waals surface area contributed by atoms with Crippen LogP contribution in [0, 0.1) is 5.41 Å². The minimum Gasteiger partial charge on any atom is -0.456 e. The van der Waals surface area contributed by atoms with Gasteiger partial charge in [-0.2, -0.15) is 4.68 Å². The fraction of sp³-hybridized carbons (Fsp3) is 0.545. The highest BCUT2D eigenvalue weighted by Crippen LogP contribution is 2.45. The van der Waals surface area contributed by atoms with Gasteiger partial charge in [0.05, 0.1) is 35.4 Å². The number of rotatable bonds is 6. The Balaban J connectivity index is 1.23. The summed E-state index contributed by atoms with van der Waals surface area (Å²) in [7, 11) is 1.63. The number of aromatic nitrogens is 5. The number of amides is 1. The molecule has 1 N–H and O–H groups in total. The number of esters is 1. The minimum absolute atomic E-state index is 0.00501. The van der Waals surface area contributed by atoms with Crippen molar-refractivity contribution in [3.8, 4) is 5.82 Å². The summed E-state index contributed by atoms with van der Waals surface area (Å²) in [5.41, 5.74) is 1.19. The van der Waals surface area contributed by atoms with Gasteiger partial charge in [0.1, 0.15) is 12.9 Å². The van der Waals surface area contributed by atoms with E-state index in [1.807, 2.05) is 0 Å². The number of aliphatic hydroxyl groups is 1. The number of piperidine rings is 1. The van der Waals surface area contributed by atoms with Crippen molar-refractivity contribution < 1.29 is 24.2 Å². The van der Waals surface area contributed by atoms with E-state index in [1.165, 1.54) is 11.0 Å². The Bertz CT molecular complexity index is 1090. The van der Waals surface area contributed by atoms with E-state index in [0.717, 1.165) is 0 Å². The molecule has 1 unspecified atom stereocenters. The van der Waals surface area contributed by atoms with Crippen molar-refractivity contribution in [3.63, 3.8) is 0 Å². The summed E-state index contributed by atoms with van der Waals surface area (Å²) in [5, 5.41) is 21.7. The average Bonchev–Trinajstić information content (AvgIpc) is 3.57. The molecular weight excluding hydrogens is 442 g/mol. The molecule has 5 heterocycles. The van der Waals surface area contributed by atoms with Gasteiger partial charge < -0.3 is 24.4 Å². The summed E-state index contributed by atoms with van der Waals surface area (Å²) in [6.07, 6.45) is 3.33. The summed E-state index contributed by atoms with van der Waals surface area (Å²) in [4.78, 5) is 33.5. The number of aliphatic hydroxyl groups excluding tert-OH is 1. The molecule has 12 nitrogen and oxygen atoms in total. The van der Waals surface area contributed by atoms with Crippen LogP contribution in [0.1, 0.15) is 31.4 Å². The molecule has 2 fully saturated rings. The van der Waals surface area contributed by atoms with Gasteiger partial charge in [-0.3, -0.25) is 4.79 Å². The highest BCUT2D eigenvalue weighted by molar-refractivity contribution is 5.94. The lowest BCUT2D eigenvalue weighted by Crippen LogP contribution is -2.49. The molecular formula is C22H27N7O5. The first-order valence-electron chi connectivity index (χ1n) is 11.2. The molecule has 2 aromatic heterocycles. The lowest BCUT2D eigenvalue weighted by Gasteiger charge is -2.40. The number of carbonyl (C=O) groups is 2. The molecule has 3 aliphatic rings. The molecule has 0 aliphatic carbocycles. The zero-order valence-electron chi connectivity index (χ0n) is 19.1. The highest BCUT2D eigenvalue weighted by Gasteiger charge is 2.56. The third kappa shape index (κ3) is 3.77. The number of hydrogen-bond donors (Lipinski definition) is 1. The van der Waals surface area contributed by atoms with Crippen LogP contribution in [-0.4, -0.2) is 98.0 Å². The quantitative estimate of drug-likeness (QED) is 0.569. The number of carbonyl (C=O) groups excluding carboxylic acids is 2. The number of tetrazole rings is 1. The Morgan fingerprint density at radius 2 is 2.09 bits per heavy atom. The molecule has 0 bridgehead atoms. The fourth-order valence-electron chi connectivity index (χ4n) is 5.13. The minimum atomic E-state index is -0.715. The van der Waals surface area contributed by atoms with Gasteiger partial charge in [0.15, 0.2) is 5.82 Å². The Hall–Kier alpha value is -3.22. The molecule has 2 atom stereocenters. The maximum absolute atomic E-state index is 13.5. The van der Waals surface area contributed by atoms with Crippen LogP contribution in [-0.2, 0) is 19.1 Å². The standard InChI is InChI=1S/C22H27N7O5/c1-14-16(12-34-20(14)31)28-11-18(33-2)22(21(28)32)5-7-27(8-6-22)10-17(30)15-3-4-19(23-9-15)29-13-24-25-26-29/h3-4,9,13,17-18,30H,5-8,10-12H2,1-2H3/t17-,18?/m0/s1. The van der Waals surface area contributed by atoms with Gasteiger partial charge >= 0.3 is 5.97 Å². The number of cyclic esters (lactones) is 1. The molecule has 1 spiro atoms. The van der Waals surface area contributed by atoms with Gasteiger partial charge in [0.25, 0.3) is 0 Å². The van der Waals surface area contributed by atoms with E-state index in [1.54, 1.807) is 37.3 Å². The lowest BCUT2D eigenvalue weighted by molar-refractivity contribution is -0.141. The number of methoxy groups -OCH3 is 1. The molecule has 180 valence electrons. The average molecular weight is 470 g/mol. The fourth-order valence-corrected chi connectivity index (χ4v) is 5.13. The summed E-state index contributed by atoms with van der Waals surface area (Å²) >= 11 is 0. The second-order valence-electron chi connectivity index (χ2n) is 8.96. The Labute approximate surface area is 196 Å². The van der Waals surface area contributed by atoms with E-state index < -0.39 is 11.5 Å². The second-order valence-corrected chi connectivity index (χ2v) is 8.96. The van der Waals surface area contributed by atoms with E-state index in [0.29, 0.717) is 61.7 Å². The molecule has 2 aromatic rings. The van der Waals surface area contributed by atoms with Crippen LogP contribution in [0.3, 0.4) is 0 Å². The molecule has 0 saturated carbocycles. The van der Waals surface area contributed by atoms with E-state index in [4.69, 9.17) is 9.47 Å². The molecule has 0 aromatic carbocycles. The number of hydrogen-bond acceptors (Lipinski definition) is 10. The molecule has 1 amide bonds. The summed E-state index contributed by atoms with van der Waals surface area (Å²) < 4.78 is 12.3. The maximum Gasteiger partial charge on any atom is 0.336 e. The first kappa shape index (κ1) is 22.6. The van der Waals surface area contributed by atoms with Crippen molar-refractivity contribution in [2.75, 3.05) is 39.9 Å². The number of likely N-dealkylation sites (tertiary alicyclic amines) is 2. The monoisotopic (exact) mass is 469 g/mol.